The van der Waals surface area contributed by atoms with Gasteiger partial charge in [0.1, 0.15) is 5.82 Å². The number of aryl methyl sites for hydroxylation is 2. The summed E-state index contributed by atoms with van der Waals surface area (Å²) in [5.41, 5.74) is 2.91. The predicted octanol–water partition coefficient (Wildman–Crippen LogP) is 4.30. The van der Waals surface area contributed by atoms with Crippen LogP contribution in [0.5, 0.6) is 0 Å². The fourth-order valence-corrected chi connectivity index (χ4v) is 4.10. The zero-order valence-corrected chi connectivity index (χ0v) is 17.4. The van der Waals surface area contributed by atoms with Crippen molar-refractivity contribution in [2.45, 2.75) is 24.7 Å². The normalized spacial score (nSPS) is 11.1. The van der Waals surface area contributed by atoms with Crippen molar-refractivity contribution in [2.75, 3.05) is 11.3 Å². The molecule has 0 aliphatic rings. The van der Waals surface area contributed by atoms with Gasteiger partial charge in [0.2, 0.25) is 0 Å². The minimum atomic E-state index is -3.90. The van der Waals surface area contributed by atoms with Crippen LogP contribution in [0.4, 0.5) is 10.1 Å². The predicted molar refractivity (Wildman–Crippen MR) is 115 cm³/mol. The largest absolute Gasteiger partial charge is 0.352 e. The maximum Gasteiger partial charge on any atom is 0.261 e. The highest BCUT2D eigenvalue weighted by molar-refractivity contribution is 7.92. The van der Waals surface area contributed by atoms with E-state index in [1.165, 1.54) is 53.6 Å². The Hall–Kier alpha value is -3.19. The van der Waals surface area contributed by atoms with Crippen LogP contribution in [0.2, 0.25) is 0 Å². The molecule has 2 N–H and O–H groups in total. The van der Waals surface area contributed by atoms with Crippen LogP contribution in [0.1, 0.15) is 27.9 Å². The smallest absolute Gasteiger partial charge is 0.261 e. The summed E-state index contributed by atoms with van der Waals surface area (Å²) >= 11 is 0. The Balaban J connectivity index is 1.59. The van der Waals surface area contributed by atoms with Gasteiger partial charge in [-0.3, -0.25) is 9.52 Å². The molecule has 3 aromatic rings. The molecule has 0 radical (unpaired) electrons. The van der Waals surface area contributed by atoms with Crippen LogP contribution < -0.4 is 10.0 Å². The molecule has 0 atom stereocenters. The van der Waals surface area contributed by atoms with Gasteiger partial charge in [-0.2, -0.15) is 0 Å². The number of hydrogen-bond donors (Lipinski definition) is 2. The summed E-state index contributed by atoms with van der Waals surface area (Å²) in [6, 6.07) is 19.0. The molecular weight excluding hydrogens is 403 g/mol. The van der Waals surface area contributed by atoms with Gasteiger partial charge in [-0.1, -0.05) is 35.9 Å². The van der Waals surface area contributed by atoms with Crippen molar-refractivity contribution in [1.29, 1.82) is 0 Å². The van der Waals surface area contributed by atoms with Crippen LogP contribution in [0, 0.1) is 12.7 Å². The molecule has 3 rings (SSSR count). The lowest BCUT2D eigenvalue weighted by Gasteiger charge is -2.10. The zero-order chi connectivity index (χ0) is 21.6. The Labute approximate surface area is 176 Å². The molecule has 3 aromatic carbocycles. The van der Waals surface area contributed by atoms with Crippen molar-refractivity contribution in [3.63, 3.8) is 0 Å². The lowest BCUT2D eigenvalue weighted by molar-refractivity contribution is 0.0953. The van der Waals surface area contributed by atoms with E-state index in [1.807, 2.05) is 19.1 Å². The number of carbonyl (C=O) groups is 1. The summed E-state index contributed by atoms with van der Waals surface area (Å²) in [6.45, 7) is 2.52. The molecule has 0 aromatic heterocycles. The van der Waals surface area contributed by atoms with Gasteiger partial charge in [0, 0.05) is 17.8 Å². The standard InChI is InChI=1S/C23H23FN2O3S/c1-17-5-2-6-18(15-17)7-4-14-25-23(27)19-8-3-9-22(16-19)30(28,29)26-21-12-10-20(24)11-13-21/h2-3,5-6,8-13,15-16,26H,4,7,14H2,1H3,(H,25,27). The summed E-state index contributed by atoms with van der Waals surface area (Å²) in [5.74, 6) is -0.794. The molecule has 0 spiro atoms. The van der Waals surface area contributed by atoms with Crippen LogP contribution in [0.25, 0.3) is 0 Å². The highest BCUT2D eigenvalue weighted by Crippen LogP contribution is 2.17. The average Bonchev–Trinajstić information content (AvgIpc) is 2.73. The van der Waals surface area contributed by atoms with Gasteiger partial charge >= 0.3 is 0 Å². The van der Waals surface area contributed by atoms with Crippen LogP contribution in [-0.4, -0.2) is 20.9 Å². The molecule has 30 heavy (non-hydrogen) atoms. The van der Waals surface area contributed by atoms with Crippen LogP contribution in [0.15, 0.2) is 77.7 Å². The lowest BCUT2D eigenvalue weighted by atomic mass is 10.1. The van der Waals surface area contributed by atoms with Crippen molar-refractivity contribution in [3.05, 3.63) is 95.3 Å². The number of hydrogen-bond acceptors (Lipinski definition) is 3. The topological polar surface area (TPSA) is 75.3 Å². The van der Waals surface area contributed by atoms with E-state index in [2.05, 4.69) is 22.2 Å². The molecule has 0 aliphatic carbocycles. The molecule has 0 bridgehead atoms. The fraction of sp³-hybridized carbons (Fsp3) is 0.174. The molecule has 156 valence electrons. The second-order valence-electron chi connectivity index (χ2n) is 6.99. The van der Waals surface area contributed by atoms with E-state index < -0.39 is 15.8 Å². The van der Waals surface area contributed by atoms with Gasteiger partial charge < -0.3 is 5.32 Å². The number of rotatable bonds is 8. The van der Waals surface area contributed by atoms with E-state index in [0.717, 1.165) is 12.8 Å². The number of carbonyl (C=O) groups excluding carboxylic acids is 1. The summed E-state index contributed by atoms with van der Waals surface area (Å²) in [4.78, 5) is 12.4. The summed E-state index contributed by atoms with van der Waals surface area (Å²) in [6.07, 6.45) is 1.62. The Kier molecular flexibility index (Phi) is 6.84. The first-order chi connectivity index (χ1) is 14.3. The number of benzene rings is 3. The van der Waals surface area contributed by atoms with E-state index in [0.29, 0.717) is 6.54 Å². The molecule has 0 unspecified atom stereocenters. The number of anilines is 1. The monoisotopic (exact) mass is 426 g/mol. The van der Waals surface area contributed by atoms with Crippen molar-refractivity contribution < 1.29 is 17.6 Å². The average molecular weight is 427 g/mol. The number of sulfonamides is 1. The number of amides is 1. The fourth-order valence-electron chi connectivity index (χ4n) is 3.00. The molecule has 0 heterocycles. The minimum absolute atomic E-state index is 0.0424. The molecule has 0 saturated carbocycles. The molecule has 0 saturated heterocycles. The highest BCUT2D eigenvalue weighted by Gasteiger charge is 2.16. The first kappa shape index (κ1) is 21.5. The summed E-state index contributed by atoms with van der Waals surface area (Å²) < 4.78 is 40.5. The van der Waals surface area contributed by atoms with E-state index in [1.54, 1.807) is 6.07 Å². The Morgan fingerprint density at radius 3 is 2.43 bits per heavy atom. The second-order valence-corrected chi connectivity index (χ2v) is 8.67. The Morgan fingerprint density at radius 2 is 1.70 bits per heavy atom. The third-order valence-electron chi connectivity index (χ3n) is 4.51. The van der Waals surface area contributed by atoms with Gasteiger partial charge in [-0.25, -0.2) is 12.8 Å². The van der Waals surface area contributed by atoms with Crippen LogP contribution >= 0.6 is 0 Å². The van der Waals surface area contributed by atoms with E-state index in [9.17, 15) is 17.6 Å². The molecular formula is C23H23FN2O3S. The third-order valence-corrected chi connectivity index (χ3v) is 5.89. The first-order valence-electron chi connectivity index (χ1n) is 9.56. The van der Waals surface area contributed by atoms with Gasteiger partial charge in [-0.05, 0) is 67.8 Å². The van der Waals surface area contributed by atoms with Gasteiger partial charge in [0.05, 0.1) is 4.90 Å². The summed E-state index contributed by atoms with van der Waals surface area (Å²) in [7, 11) is -3.90. The molecule has 5 nitrogen and oxygen atoms in total. The van der Waals surface area contributed by atoms with Gasteiger partial charge in [0.25, 0.3) is 15.9 Å². The van der Waals surface area contributed by atoms with E-state index in [4.69, 9.17) is 0 Å². The Bertz CT molecular complexity index is 1130. The molecule has 0 fully saturated rings. The lowest BCUT2D eigenvalue weighted by Crippen LogP contribution is -2.25. The molecule has 1 amide bonds. The quantitative estimate of drug-likeness (QED) is 0.528. The van der Waals surface area contributed by atoms with E-state index >= 15 is 0 Å². The number of halogens is 1. The summed E-state index contributed by atoms with van der Waals surface area (Å²) in [5, 5.41) is 2.82. The SMILES string of the molecule is Cc1cccc(CCCNC(=O)c2cccc(S(=O)(=O)Nc3ccc(F)cc3)c2)c1. The van der Waals surface area contributed by atoms with Crippen molar-refractivity contribution in [1.82, 2.24) is 5.32 Å². The maximum atomic E-state index is 13.0. The van der Waals surface area contributed by atoms with Gasteiger partial charge in [-0.15, -0.1) is 0 Å². The second kappa shape index (κ2) is 9.54. The van der Waals surface area contributed by atoms with Crippen molar-refractivity contribution in [3.8, 4) is 0 Å². The zero-order valence-electron chi connectivity index (χ0n) is 16.6. The Morgan fingerprint density at radius 1 is 0.967 bits per heavy atom. The van der Waals surface area contributed by atoms with Crippen LogP contribution in [-0.2, 0) is 16.4 Å². The van der Waals surface area contributed by atoms with Crippen molar-refractivity contribution >= 4 is 21.6 Å². The van der Waals surface area contributed by atoms with Gasteiger partial charge in [0.15, 0.2) is 0 Å². The maximum absolute atomic E-state index is 13.0. The van der Waals surface area contributed by atoms with E-state index in [-0.39, 0.29) is 22.1 Å². The third kappa shape index (κ3) is 5.90. The van der Waals surface area contributed by atoms with Crippen LogP contribution in [0.3, 0.4) is 0 Å². The van der Waals surface area contributed by atoms with Crippen molar-refractivity contribution in [2.24, 2.45) is 0 Å². The number of nitrogens with one attached hydrogen (secondary N) is 2. The minimum Gasteiger partial charge on any atom is -0.352 e. The molecule has 7 heteroatoms. The first-order valence-corrected chi connectivity index (χ1v) is 11.0. The molecule has 0 aliphatic heterocycles. The highest BCUT2D eigenvalue weighted by atomic mass is 32.2.